The molecule has 3 aliphatic heterocycles. The summed E-state index contributed by atoms with van der Waals surface area (Å²) in [4.78, 5) is 77.0. The minimum absolute atomic E-state index is 0.196. The lowest BCUT2D eigenvalue weighted by Crippen LogP contribution is -2.47. The first-order chi connectivity index (χ1) is 62.7. The van der Waals surface area contributed by atoms with Gasteiger partial charge in [-0.25, -0.2) is 56.2 Å². The van der Waals surface area contributed by atoms with E-state index in [1.54, 1.807) is 91.4 Å². The lowest BCUT2D eigenvalue weighted by atomic mass is 9.62. The predicted molar refractivity (Wildman–Crippen MR) is 484 cm³/mol. The van der Waals surface area contributed by atoms with Crippen LogP contribution in [0.25, 0.3) is 101 Å². The summed E-state index contributed by atoms with van der Waals surface area (Å²) >= 11 is 0. The van der Waals surface area contributed by atoms with Crippen molar-refractivity contribution in [3.63, 3.8) is 0 Å². The van der Waals surface area contributed by atoms with Gasteiger partial charge in [0.2, 0.25) is 0 Å². The van der Waals surface area contributed by atoms with Crippen molar-refractivity contribution in [1.82, 2.24) is 44.9 Å². The van der Waals surface area contributed by atoms with Crippen LogP contribution < -0.4 is 46.1 Å². The number of hydrogen-bond acceptors (Lipinski definition) is 15. The van der Waals surface area contributed by atoms with E-state index < -0.39 is 34.9 Å². The summed E-state index contributed by atoms with van der Waals surface area (Å²) in [7, 11) is 0. The van der Waals surface area contributed by atoms with Gasteiger partial charge < -0.3 is 61.1 Å². The third-order valence-electron chi connectivity index (χ3n) is 28.5. The number of nitrogens with one attached hydrogen (secondary N) is 9. The van der Waals surface area contributed by atoms with E-state index in [0.29, 0.717) is 223 Å². The first-order valence-corrected chi connectivity index (χ1v) is 44.3. The molecule has 9 fully saturated rings. The molecule has 21 nitrogen and oxygen atoms in total. The van der Waals surface area contributed by atoms with Crippen molar-refractivity contribution in [2.75, 3.05) is 31.9 Å². The van der Waals surface area contributed by atoms with Crippen molar-refractivity contribution in [3.05, 3.63) is 252 Å². The Bertz CT molecular complexity index is 6390. The third kappa shape index (κ3) is 15.1. The van der Waals surface area contributed by atoms with Gasteiger partial charge in [0, 0.05) is 123 Å². The number of amides is 3. The predicted octanol–water partition coefficient (Wildman–Crippen LogP) is 24.5. The summed E-state index contributed by atoms with van der Waals surface area (Å²) in [5, 5.41) is 21.0. The van der Waals surface area contributed by atoms with E-state index in [0.717, 1.165) is 18.2 Å². The smallest absolute Gasteiger partial charge is 0.259 e. The molecular weight excluding hydrogens is 1650 g/mol. The van der Waals surface area contributed by atoms with Crippen LogP contribution in [0.1, 0.15) is 129 Å². The van der Waals surface area contributed by atoms with Crippen LogP contribution in [-0.4, -0.2) is 80.7 Å². The Labute approximate surface area is 736 Å². The van der Waals surface area contributed by atoms with Crippen LogP contribution in [0.2, 0.25) is 0 Å². The Morgan fingerprint density at radius 3 is 0.853 bits per heavy atom. The topological polar surface area (TPSA) is 276 Å². The molecule has 9 aliphatic carbocycles. The van der Waals surface area contributed by atoms with Crippen molar-refractivity contribution in [1.29, 1.82) is 0 Å². The highest BCUT2D eigenvalue weighted by molar-refractivity contribution is 6.10. The quantitative estimate of drug-likeness (QED) is 0.0515. The number of halogens is 6. The number of nitrogens with zero attached hydrogens (tertiary/aromatic N) is 6. The molecule has 2 unspecified atom stereocenters. The lowest BCUT2D eigenvalue weighted by molar-refractivity contribution is 0.0928. The van der Waals surface area contributed by atoms with Crippen molar-refractivity contribution >= 4 is 84.9 Å². The second-order valence-corrected chi connectivity index (χ2v) is 35.8. The highest BCUT2D eigenvalue weighted by Gasteiger charge is 2.45. The summed E-state index contributed by atoms with van der Waals surface area (Å²) in [5.74, 6) is 6.26. The van der Waals surface area contributed by atoms with Gasteiger partial charge in [0.05, 0.1) is 67.4 Å². The van der Waals surface area contributed by atoms with Gasteiger partial charge in [0.1, 0.15) is 69.6 Å². The average molecular weight is 1730 g/mol. The number of rotatable bonds is 12. The fourth-order valence-electron chi connectivity index (χ4n) is 21.7. The Kier molecular flexibility index (Phi) is 20.3. The summed E-state index contributed by atoms with van der Waals surface area (Å²) < 4.78 is 105. The highest BCUT2D eigenvalue weighted by atomic mass is 19.2. The zero-order valence-corrected chi connectivity index (χ0v) is 70.4. The minimum atomic E-state index is -0.677. The van der Waals surface area contributed by atoms with Crippen molar-refractivity contribution in [2.24, 2.45) is 53.3 Å². The number of carbonyl (C=O) groups excluding carboxylic acids is 3. The van der Waals surface area contributed by atoms with E-state index in [-0.39, 0.29) is 52.4 Å². The molecule has 0 radical (unpaired) electrons. The molecule has 12 aliphatic rings. The molecule has 6 atom stereocenters. The zero-order chi connectivity index (χ0) is 87.7. The van der Waals surface area contributed by atoms with Crippen molar-refractivity contribution < 1.29 is 54.9 Å². The highest BCUT2D eigenvalue weighted by Crippen LogP contribution is 2.52. The molecule has 9 heterocycles. The number of fused-ring (bicyclic) bond motifs is 18. The minimum Gasteiger partial charge on any atom is -0.454 e. The molecule has 9 saturated carbocycles. The molecule has 0 saturated heterocycles. The van der Waals surface area contributed by atoms with Crippen LogP contribution >= 0.6 is 0 Å². The molecule has 6 aromatic heterocycles. The van der Waals surface area contributed by atoms with Crippen LogP contribution in [0.5, 0.6) is 34.5 Å². The van der Waals surface area contributed by atoms with E-state index >= 15 is 0 Å². The van der Waals surface area contributed by atoms with E-state index in [9.17, 15) is 40.7 Å². The number of carbonyl (C=O) groups is 3. The Hall–Kier alpha value is -14.4. The maximum Gasteiger partial charge on any atom is 0.259 e. The second-order valence-electron chi connectivity index (χ2n) is 35.8. The number of hydrogen-bond donors (Lipinski definition) is 9. The molecule has 0 spiro atoms. The zero-order valence-electron chi connectivity index (χ0n) is 70.4. The Morgan fingerprint density at radius 1 is 0.302 bits per heavy atom. The van der Waals surface area contributed by atoms with Gasteiger partial charge in [-0.05, 0) is 221 Å². The van der Waals surface area contributed by atoms with Gasteiger partial charge in [-0.1, -0.05) is 75.4 Å². The number of para-hydroxylation sites is 6. The summed E-state index contributed by atoms with van der Waals surface area (Å²) in [6, 6.07) is 50.9. The number of anilines is 6. The van der Waals surface area contributed by atoms with E-state index in [1.165, 1.54) is 95.2 Å². The van der Waals surface area contributed by atoms with Gasteiger partial charge in [-0.15, -0.1) is 0 Å². The van der Waals surface area contributed by atoms with Gasteiger partial charge >= 0.3 is 0 Å². The monoisotopic (exact) mass is 1730 g/mol. The molecule has 129 heavy (non-hydrogen) atoms. The second kappa shape index (κ2) is 32.5. The summed E-state index contributed by atoms with van der Waals surface area (Å²) in [6.07, 6.45) is 19.6. The molecule has 648 valence electrons. The first-order valence-electron chi connectivity index (χ1n) is 44.3. The Balaban J connectivity index is 0.000000114. The van der Waals surface area contributed by atoms with E-state index in [4.69, 9.17) is 44.1 Å². The summed E-state index contributed by atoms with van der Waals surface area (Å²) in [5.41, 5.74) is 9.00. The number of ether oxygens (including phenoxy) is 3. The average Bonchev–Trinajstić information content (AvgIpc) is 1.75. The first kappa shape index (κ1) is 80.5. The number of aromatic amines is 3. The fourth-order valence-corrected chi connectivity index (χ4v) is 21.7. The van der Waals surface area contributed by atoms with Crippen molar-refractivity contribution in [2.45, 2.75) is 116 Å². The van der Waals surface area contributed by atoms with E-state index in [2.05, 4.69) is 67.6 Å². The Morgan fingerprint density at radius 2 is 0.574 bits per heavy atom. The molecular formula is C102H87F6N15O6. The van der Waals surface area contributed by atoms with Gasteiger partial charge in [-0.3, -0.25) is 14.4 Å². The molecule has 9 aromatic carbocycles. The number of aromatic nitrogens is 9. The summed E-state index contributed by atoms with van der Waals surface area (Å²) in [6.45, 7) is 6.94. The van der Waals surface area contributed by atoms with Crippen LogP contribution in [0.3, 0.4) is 0 Å². The fraction of sp³-hybridized carbons (Fsp3) is 0.265. The number of H-pyrrole nitrogens is 3. The van der Waals surface area contributed by atoms with Crippen molar-refractivity contribution in [3.8, 4) is 102 Å². The van der Waals surface area contributed by atoms with Crippen LogP contribution in [0.15, 0.2) is 201 Å². The maximum absolute atomic E-state index is 14.6. The van der Waals surface area contributed by atoms with Gasteiger partial charge in [0.25, 0.3) is 17.7 Å². The molecule has 9 N–H and O–H groups in total. The maximum atomic E-state index is 14.6. The molecule has 15 aromatic rings. The molecule has 3 amide bonds. The van der Waals surface area contributed by atoms with Crippen LogP contribution in [0.4, 0.5) is 60.9 Å². The third-order valence-corrected chi connectivity index (χ3v) is 28.5. The largest absolute Gasteiger partial charge is 0.454 e. The molecule has 27 rings (SSSR count). The van der Waals surface area contributed by atoms with Gasteiger partial charge in [0.15, 0.2) is 34.7 Å². The standard InChI is InChI=1S/3C34H29F2N5O2/c3*1-17-18-6-8-19(9-7-18)31(17)40-30-15-27(38-33(41-30)24-16-37-32-23(24)13-21(35)14-25(32)36)20-10-11-22-29(12-20)43-28-5-3-2-4-26(28)39-34(22)42/h3*2-5,10-19,31,37H,6-9H2,1H3,(H,39,42)(H,38,40,41)/t2*17-,18?,19?,31+;/m10./s1. The van der Waals surface area contributed by atoms with Crippen LogP contribution in [-0.2, 0) is 0 Å². The van der Waals surface area contributed by atoms with Crippen LogP contribution in [0, 0.1) is 88.2 Å². The SMILES string of the molecule is CC1C2CCC(CC2)C1Nc1cc(-c2ccc3c(c2)Oc2ccccc2NC3=O)nc(-c2c[nH]c3c(F)cc(F)cc23)n1.C[C@@H]1C2CCC(CC2)[C@H]1Nc1cc(-c2ccc3c(c2)Oc2ccccc2NC3=O)nc(-c2c[nH]c3c(F)cc(F)cc23)n1.C[C@H]1C2CCC(CC2)[C@@H]1Nc1cc(-c2ccc3c(c2)Oc2ccccc2NC3=O)nc(-c2c[nH]c3c(F)cc(F)cc23)n1. The van der Waals surface area contributed by atoms with Gasteiger partial charge in [-0.2, -0.15) is 0 Å². The van der Waals surface area contributed by atoms with E-state index in [1.807, 2.05) is 72.8 Å². The molecule has 27 heteroatoms. The number of benzene rings is 9. The lowest BCUT2D eigenvalue weighted by Gasteiger charge is -2.47. The molecule has 6 bridgehead atoms. The normalized spacial score (nSPS) is 22.3.